The van der Waals surface area contributed by atoms with Crippen molar-refractivity contribution in [3.63, 3.8) is 0 Å². The highest BCUT2D eigenvalue weighted by molar-refractivity contribution is 5.28. The van der Waals surface area contributed by atoms with E-state index in [2.05, 4.69) is 23.0 Å². The number of nitrogens with zero attached hydrogens (tertiary/aromatic N) is 3. The van der Waals surface area contributed by atoms with E-state index in [9.17, 15) is 10.2 Å². The maximum absolute atomic E-state index is 9.71. The van der Waals surface area contributed by atoms with E-state index in [1.165, 1.54) is 18.4 Å². The topological polar surface area (TPSA) is 61.5 Å². The van der Waals surface area contributed by atoms with Gasteiger partial charge in [-0.3, -0.25) is 9.58 Å². The first-order chi connectivity index (χ1) is 11.6. The molecule has 1 aliphatic rings. The van der Waals surface area contributed by atoms with Crippen molar-refractivity contribution in [2.45, 2.75) is 46.3 Å². The van der Waals surface area contributed by atoms with E-state index in [0.29, 0.717) is 12.3 Å². The number of phenolic OH excluding ortho intramolecular Hbond substituents is 1. The third-order valence-corrected chi connectivity index (χ3v) is 4.75. The van der Waals surface area contributed by atoms with E-state index >= 15 is 0 Å². The molecule has 1 aliphatic carbocycles. The van der Waals surface area contributed by atoms with Crippen molar-refractivity contribution in [3.05, 3.63) is 46.8 Å². The largest absolute Gasteiger partial charge is 0.508 e. The highest BCUT2D eigenvalue weighted by atomic mass is 16.3. The van der Waals surface area contributed by atoms with Crippen LogP contribution >= 0.6 is 0 Å². The van der Waals surface area contributed by atoms with Gasteiger partial charge in [0.15, 0.2) is 0 Å². The molecule has 0 amide bonds. The summed E-state index contributed by atoms with van der Waals surface area (Å²) in [7, 11) is 0. The number of aryl methyl sites for hydroxylation is 1. The summed E-state index contributed by atoms with van der Waals surface area (Å²) in [4.78, 5) is 2.45. The van der Waals surface area contributed by atoms with E-state index in [1.807, 2.05) is 23.7 Å². The van der Waals surface area contributed by atoms with Gasteiger partial charge < -0.3 is 10.2 Å². The first kappa shape index (κ1) is 17.0. The Kier molecular flexibility index (Phi) is 5.21. The molecule has 130 valence electrons. The second-order valence-corrected chi connectivity index (χ2v) is 6.88. The molecular formula is C19H27N3O2. The lowest BCUT2D eigenvalue weighted by atomic mass is 10.1. The molecule has 3 rings (SSSR count). The summed E-state index contributed by atoms with van der Waals surface area (Å²) in [6.45, 7) is 7.54. The first-order valence-corrected chi connectivity index (χ1v) is 8.71. The fourth-order valence-corrected chi connectivity index (χ4v) is 3.26. The van der Waals surface area contributed by atoms with E-state index in [0.717, 1.165) is 42.5 Å². The van der Waals surface area contributed by atoms with Crippen LogP contribution in [0.15, 0.2) is 24.3 Å². The highest BCUT2D eigenvalue weighted by Gasteiger charge is 2.25. The minimum absolute atomic E-state index is 0.108. The molecule has 0 saturated heterocycles. The number of aliphatic hydroxyl groups is 1. The maximum atomic E-state index is 9.71. The Balaban J connectivity index is 1.77. The van der Waals surface area contributed by atoms with Crippen LogP contribution in [0.3, 0.4) is 0 Å². The third-order valence-electron chi connectivity index (χ3n) is 4.75. The average molecular weight is 329 g/mol. The van der Waals surface area contributed by atoms with Gasteiger partial charge in [-0.25, -0.2) is 0 Å². The summed E-state index contributed by atoms with van der Waals surface area (Å²) in [6, 6.07) is 7.51. The quantitative estimate of drug-likeness (QED) is 0.781. The molecule has 0 unspecified atom stereocenters. The molecular weight excluding hydrogens is 302 g/mol. The standard InChI is InChI=1S/C19H27N3O2/c1-14-19(15(2)22(20-14)8-9-23)13-21(11-16-6-7-16)12-17-4-3-5-18(24)10-17/h3-5,10,16,23-24H,6-9,11-13H2,1-2H3. The highest BCUT2D eigenvalue weighted by Crippen LogP contribution is 2.31. The Morgan fingerprint density at radius 2 is 2.04 bits per heavy atom. The number of rotatable bonds is 8. The second-order valence-electron chi connectivity index (χ2n) is 6.88. The average Bonchev–Trinajstić information content (AvgIpc) is 3.31. The van der Waals surface area contributed by atoms with E-state index in [-0.39, 0.29) is 6.61 Å². The van der Waals surface area contributed by atoms with Crippen molar-refractivity contribution in [3.8, 4) is 5.75 Å². The van der Waals surface area contributed by atoms with Gasteiger partial charge in [0.25, 0.3) is 0 Å². The fourth-order valence-electron chi connectivity index (χ4n) is 3.26. The predicted molar refractivity (Wildman–Crippen MR) is 93.7 cm³/mol. The fraction of sp³-hybridized carbons (Fsp3) is 0.526. The van der Waals surface area contributed by atoms with Gasteiger partial charge in [0, 0.05) is 30.9 Å². The van der Waals surface area contributed by atoms with Crippen molar-refractivity contribution < 1.29 is 10.2 Å². The van der Waals surface area contributed by atoms with E-state index < -0.39 is 0 Å². The molecule has 0 bridgehead atoms. The van der Waals surface area contributed by atoms with Crippen LogP contribution in [0.4, 0.5) is 0 Å². The maximum Gasteiger partial charge on any atom is 0.115 e. The summed E-state index contributed by atoms with van der Waals surface area (Å²) in [5, 5.41) is 23.4. The molecule has 5 heteroatoms. The molecule has 0 aliphatic heterocycles. The van der Waals surface area contributed by atoms with Crippen LogP contribution in [0.2, 0.25) is 0 Å². The molecule has 1 saturated carbocycles. The normalized spacial score (nSPS) is 14.5. The number of aromatic hydroxyl groups is 1. The summed E-state index contributed by atoms with van der Waals surface area (Å²) in [5.41, 5.74) is 4.56. The van der Waals surface area contributed by atoms with Crippen LogP contribution in [-0.2, 0) is 19.6 Å². The van der Waals surface area contributed by atoms with E-state index in [4.69, 9.17) is 0 Å². The van der Waals surface area contributed by atoms with Gasteiger partial charge in [0.05, 0.1) is 18.8 Å². The number of aromatic nitrogens is 2. The molecule has 0 radical (unpaired) electrons. The molecule has 1 heterocycles. The van der Waals surface area contributed by atoms with E-state index in [1.54, 1.807) is 6.07 Å². The van der Waals surface area contributed by atoms with Gasteiger partial charge >= 0.3 is 0 Å². The summed E-state index contributed by atoms with van der Waals surface area (Å²) in [5.74, 6) is 1.12. The van der Waals surface area contributed by atoms with Crippen LogP contribution in [0.1, 0.15) is 35.4 Å². The van der Waals surface area contributed by atoms with Gasteiger partial charge in [-0.2, -0.15) is 5.10 Å². The minimum Gasteiger partial charge on any atom is -0.508 e. The van der Waals surface area contributed by atoms with Gasteiger partial charge in [0.1, 0.15) is 5.75 Å². The Hall–Kier alpha value is -1.85. The summed E-state index contributed by atoms with van der Waals surface area (Å²) in [6.07, 6.45) is 2.64. The summed E-state index contributed by atoms with van der Waals surface area (Å²) < 4.78 is 1.90. The lowest BCUT2D eigenvalue weighted by molar-refractivity contribution is 0.244. The molecule has 24 heavy (non-hydrogen) atoms. The number of phenols is 1. The van der Waals surface area contributed by atoms with Gasteiger partial charge in [-0.1, -0.05) is 12.1 Å². The monoisotopic (exact) mass is 329 g/mol. The number of hydrogen-bond donors (Lipinski definition) is 2. The number of benzene rings is 1. The van der Waals surface area contributed by atoms with Crippen molar-refractivity contribution in [2.24, 2.45) is 5.92 Å². The Morgan fingerprint density at radius 3 is 2.71 bits per heavy atom. The SMILES string of the molecule is Cc1nn(CCO)c(C)c1CN(Cc1cccc(O)c1)CC1CC1. The van der Waals surface area contributed by atoms with Crippen molar-refractivity contribution >= 4 is 0 Å². The lowest BCUT2D eigenvalue weighted by Gasteiger charge is -2.23. The predicted octanol–water partition coefficient (Wildman–Crippen LogP) is 2.61. The zero-order chi connectivity index (χ0) is 17.1. The molecule has 1 fully saturated rings. The van der Waals surface area contributed by atoms with Crippen LogP contribution in [0.5, 0.6) is 5.75 Å². The minimum atomic E-state index is 0.108. The second kappa shape index (κ2) is 7.36. The zero-order valence-corrected chi connectivity index (χ0v) is 14.6. The van der Waals surface area contributed by atoms with Crippen molar-refractivity contribution in [2.75, 3.05) is 13.2 Å². The van der Waals surface area contributed by atoms with Gasteiger partial charge in [0.2, 0.25) is 0 Å². The molecule has 0 spiro atoms. The third kappa shape index (κ3) is 4.16. The Labute approximate surface area is 143 Å². The van der Waals surface area contributed by atoms with Crippen LogP contribution in [-0.4, -0.2) is 38.0 Å². The van der Waals surface area contributed by atoms with Gasteiger partial charge in [-0.05, 0) is 50.3 Å². The number of aliphatic hydroxyl groups excluding tert-OH is 1. The zero-order valence-electron chi connectivity index (χ0n) is 14.6. The van der Waals surface area contributed by atoms with Crippen molar-refractivity contribution in [1.82, 2.24) is 14.7 Å². The molecule has 1 aromatic heterocycles. The number of hydrogen-bond acceptors (Lipinski definition) is 4. The smallest absolute Gasteiger partial charge is 0.115 e. The van der Waals surface area contributed by atoms with Crippen molar-refractivity contribution in [1.29, 1.82) is 0 Å². The van der Waals surface area contributed by atoms with Gasteiger partial charge in [-0.15, -0.1) is 0 Å². The molecule has 5 nitrogen and oxygen atoms in total. The summed E-state index contributed by atoms with van der Waals surface area (Å²) >= 11 is 0. The first-order valence-electron chi connectivity index (χ1n) is 8.71. The molecule has 1 aromatic carbocycles. The van der Waals surface area contributed by atoms with Crippen LogP contribution < -0.4 is 0 Å². The molecule has 0 atom stereocenters. The van der Waals surface area contributed by atoms with Crippen LogP contribution in [0, 0.1) is 19.8 Å². The Bertz CT molecular complexity index is 692. The molecule has 2 aromatic rings. The van der Waals surface area contributed by atoms with Crippen LogP contribution in [0.25, 0.3) is 0 Å². The lowest BCUT2D eigenvalue weighted by Crippen LogP contribution is -2.25. The molecule has 2 N–H and O–H groups in total. The Morgan fingerprint density at radius 1 is 1.25 bits per heavy atom.